The molecule has 1 aromatic carbocycles. The molecule has 0 radical (unpaired) electrons. The van der Waals surface area contributed by atoms with Crippen LogP contribution in [-0.2, 0) is 5.60 Å². The largest absolute Gasteiger partial charge is 0.385 e. The van der Waals surface area contributed by atoms with Crippen LogP contribution in [0.15, 0.2) is 24.3 Å². The number of piperidine rings is 1. The molecule has 1 heterocycles. The van der Waals surface area contributed by atoms with Crippen molar-refractivity contribution in [1.82, 2.24) is 0 Å². The summed E-state index contributed by atoms with van der Waals surface area (Å²) in [5, 5.41) is 11.7. The summed E-state index contributed by atoms with van der Waals surface area (Å²) in [6, 6.07) is 6.62. The van der Waals surface area contributed by atoms with Crippen molar-refractivity contribution >= 4 is 0 Å². The van der Waals surface area contributed by atoms with Crippen LogP contribution in [0.25, 0.3) is 0 Å². The number of hydrogen-bond donors (Lipinski definition) is 1. The molecule has 3 heteroatoms. The first-order valence-corrected chi connectivity index (χ1v) is 10.3. The predicted molar refractivity (Wildman–Crippen MR) is 101 cm³/mol. The maximum atomic E-state index is 13.4. The number of halogens is 1. The van der Waals surface area contributed by atoms with Gasteiger partial charge in [0.05, 0.1) is 32.3 Å². The predicted octanol–water partition coefficient (Wildman–Crippen LogP) is 5.00. The number of aliphatic hydroxyl groups is 1. The summed E-state index contributed by atoms with van der Waals surface area (Å²) in [5.74, 6) is 0.0968. The Labute approximate surface area is 152 Å². The van der Waals surface area contributed by atoms with Crippen molar-refractivity contribution in [2.45, 2.75) is 69.8 Å². The maximum absolute atomic E-state index is 13.4. The molecular weight excluding hydrogens is 313 g/mol. The van der Waals surface area contributed by atoms with Gasteiger partial charge in [-0.05, 0) is 68.6 Å². The number of benzene rings is 1. The van der Waals surface area contributed by atoms with Crippen molar-refractivity contribution in [2.75, 3.05) is 26.7 Å². The van der Waals surface area contributed by atoms with Gasteiger partial charge in [-0.1, -0.05) is 31.4 Å². The Hall–Kier alpha value is -0.930. The fourth-order valence-electron chi connectivity index (χ4n) is 5.13. The number of rotatable bonds is 6. The summed E-state index contributed by atoms with van der Waals surface area (Å²) < 4.78 is 14.5. The van der Waals surface area contributed by atoms with Gasteiger partial charge in [0.2, 0.25) is 0 Å². The van der Waals surface area contributed by atoms with Gasteiger partial charge in [0, 0.05) is 0 Å². The molecule has 0 unspecified atom stereocenters. The maximum Gasteiger partial charge on any atom is 0.123 e. The molecule has 1 aromatic rings. The van der Waals surface area contributed by atoms with Crippen LogP contribution in [0.2, 0.25) is 0 Å². The summed E-state index contributed by atoms with van der Waals surface area (Å²) >= 11 is 0. The van der Waals surface area contributed by atoms with Crippen LogP contribution in [0, 0.1) is 11.7 Å². The quantitative estimate of drug-likeness (QED) is 0.717. The first kappa shape index (κ1) is 18.8. The third-order valence-electron chi connectivity index (χ3n) is 6.78. The van der Waals surface area contributed by atoms with Crippen molar-refractivity contribution < 1.29 is 14.0 Å². The molecule has 1 aliphatic carbocycles. The second-order valence-corrected chi connectivity index (χ2v) is 8.72. The van der Waals surface area contributed by atoms with Crippen LogP contribution in [0.1, 0.15) is 69.8 Å². The van der Waals surface area contributed by atoms with E-state index < -0.39 is 5.60 Å². The van der Waals surface area contributed by atoms with E-state index in [1.54, 1.807) is 12.1 Å². The monoisotopic (exact) mass is 348 g/mol. The summed E-state index contributed by atoms with van der Waals surface area (Å²) in [5.41, 5.74) is 0.130. The fourth-order valence-corrected chi connectivity index (χ4v) is 5.13. The van der Waals surface area contributed by atoms with Crippen LogP contribution in [-0.4, -0.2) is 36.3 Å². The first-order chi connectivity index (χ1) is 12.0. The van der Waals surface area contributed by atoms with E-state index in [2.05, 4.69) is 7.05 Å². The molecule has 1 N–H and O–H groups in total. The van der Waals surface area contributed by atoms with E-state index in [4.69, 9.17) is 0 Å². The second-order valence-electron chi connectivity index (χ2n) is 8.72. The Balaban J connectivity index is 1.70. The number of likely N-dealkylation sites (tertiary alicyclic amines) is 1. The van der Waals surface area contributed by atoms with E-state index in [1.165, 1.54) is 63.7 Å². The minimum Gasteiger partial charge on any atom is -0.385 e. The lowest BCUT2D eigenvalue weighted by molar-refractivity contribution is -0.914. The molecule has 2 fully saturated rings. The Morgan fingerprint density at radius 2 is 1.60 bits per heavy atom. The van der Waals surface area contributed by atoms with E-state index in [1.807, 2.05) is 0 Å². The smallest absolute Gasteiger partial charge is 0.123 e. The van der Waals surface area contributed by atoms with Gasteiger partial charge in [0.25, 0.3) is 0 Å². The molecule has 2 aliphatic rings. The van der Waals surface area contributed by atoms with Gasteiger partial charge in [0.1, 0.15) is 5.82 Å². The molecule has 1 aliphatic heterocycles. The molecule has 0 bridgehead atoms. The van der Waals surface area contributed by atoms with E-state index >= 15 is 0 Å². The Morgan fingerprint density at radius 1 is 1.00 bits per heavy atom. The van der Waals surface area contributed by atoms with Crippen molar-refractivity contribution in [1.29, 1.82) is 0 Å². The highest BCUT2D eigenvalue weighted by Gasteiger charge is 2.39. The molecule has 25 heavy (non-hydrogen) atoms. The fraction of sp³-hybridized carbons (Fsp3) is 0.727. The molecule has 1 saturated carbocycles. The van der Waals surface area contributed by atoms with Gasteiger partial charge in [0.15, 0.2) is 0 Å². The van der Waals surface area contributed by atoms with Gasteiger partial charge >= 0.3 is 0 Å². The summed E-state index contributed by atoms with van der Waals surface area (Å²) in [4.78, 5) is 0. The summed E-state index contributed by atoms with van der Waals surface area (Å²) in [6.45, 7) is 3.70. The molecule has 140 valence electrons. The molecule has 2 nitrogen and oxygen atoms in total. The molecule has 3 rings (SSSR count). The van der Waals surface area contributed by atoms with E-state index in [0.29, 0.717) is 5.92 Å². The highest BCUT2D eigenvalue weighted by Crippen LogP contribution is 2.42. The topological polar surface area (TPSA) is 20.2 Å². The van der Waals surface area contributed by atoms with E-state index in [9.17, 15) is 9.50 Å². The summed E-state index contributed by atoms with van der Waals surface area (Å²) in [6.07, 6.45) is 11.8. The minimum atomic E-state index is -0.789. The first-order valence-electron chi connectivity index (χ1n) is 10.3. The average molecular weight is 349 g/mol. The zero-order valence-corrected chi connectivity index (χ0v) is 15.9. The van der Waals surface area contributed by atoms with Crippen LogP contribution in [0.3, 0.4) is 0 Å². The number of nitrogens with zero attached hydrogens (tertiary/aromatic N) is 1. The van der Waals surface area contributed by atoms with Crippen molar-refractivity contribution in [2.24, 2.45) is 5.92 Å². The zero-order chi connectivity index (χ0) is 17.8. The third kappa shape index (κ3) is 4.62. The number of hydrogen-bond acceptors (Lipinski definition) is 1. The highest BCUT2D eigenvalue weighted by atomic mass is 19.1. The molecule has 1 atom stereocenters. The molecular formula is C22H35FNO+. The van der Waals surface area contributed by atoms with Crippen LogP contribution in [0.4, 0.5) is 4.39 Å². The van der Waals surface area contributed by atoms with Gasteiger partial charge < -0.3 is 9.59 Å². The normalized spacial score (nSPS) is 24.0. The van der Waals surface area contributed by atoms with Crippen LogP contribution >= 0.6 is 0 Å². The standard InChI is InChI=1S/C22H35FNO/c1-24(16-6-3-7-17-24)18-8-15-22(25,19-9-4-2-5-10-19)20-11-13-21(23)14-12-20/h11-14,19,25H,2-10,15-18H2,1H3/q+1/t22-/m1/s1. The molecule has 0 spiro atoms. The molecule has 0 amide bonds. The Morgan fingerprint density at radius 3 is 2.24 bits per heavy atom. The van der Waals surface area contributed by atoms with Crippen LogP contribution in [0.5, 0.6) is 0 Å². The average Bonchev–Trinajstić information content (AvgIpc) is 2.63. The van der Waals surface area contributed by atoms with Crippen molar-refractivity contribution in [3.05, 3.63) is 35.6 Å². The lowest BCUT2D eigenvalue weighted by Gasteiger charge is -2.41. The van der Waals surface area contributed by atoms with E-state index in [-0.39, 0.29) is 5.82 Å². The highest BCUT2D eigenvalue weighted by molar-refractivity contribution is 5.24. The van der Waals surface area contributed by atoms with E-state index in [0.717, 1.165) is 42.3 Å². The van der Waals surface area contributed by atoms with Gasteiger partial charge in [-0.25, -0.2) is 4.39 Å². The zero-order valence-electron chi connectivity index (χ0n) is 15.9. The van der Waals surface area contributed by atoms with Crippen LogP contribution < -0.4 is 0 Å². The Kier molecular flexibility index (Phi) is 6.17. The van der Waals surface area contributed by atoms with Gasteiger partial charge in [-0.2, -0.15) is 0 Å². The SMILES string of the molecule is C[N+]1(CCC[C@](O)(c2ccc(F)cc2)C2CCCCC2)CCCCC1. The van der Waals surface area contributed by atoms with Crippen molar-refractivity contribution in [3.63, 3.8) is 0 Å². The third-order valence-corrected chi connectivity index (χ3v) is 6.78. The molecule has 1 saturated heterocycles. The second kappa shape index (κ2) is 8.18. The summed E-state index contributed by atoms with van der Waals surface area (Å²) in [7, 11) is 2.37. The minimum absolute atomic E-state index is 0.221. The molecule has 0 aromatic heterocycles. The van der Waals surface area contributed by atoms with Gasteiger partial charge in [-0.3, -0.25) is 0 Å². The lowest BCUT2D eigenvalue weighted by Crippen LogP contribution is -2.49. The van der Waals surface area contributed by atoms with Gasteiger partial charge in [-0.15, -0.1) is 0 Å². The van der Waals surface area contributed by atoms with Crippen molar-refractivity contribution in [3.8, 4) is 0 Å². The number of quaternary nitrogens is 1. The Bertz CT molecular complexity index is 531. The lowest BCUT2D eigenvalue weighted by atomic mass is 9.71.